The van der Waals surface area contributed by atoms with E-state index in [4.69, 9.17) is 0 Å². The van der Waals surface area contributed by atoms with Gasteiger partial charge in [0.25, 0.3) is 0 Å². The minimum atomic E-state index is 0.522. The first-order valence-electron chi connectivity index (χ1n) is 6.91. The smallest absolute Gasteiger partial charge is 0.107 e. The Morgan fingerprint density at radius 2 is 2.05 bits per heavy atom. The predicted octanol–water partition coefficient (Wildman–Crippen LogP) is 3.23. The van der Waals surface area contributed by atoms with E-state index in [1.54, 1.807) is 0 Å². The Bertz CT molecular complexity index is 541. The third-order valence-corrected chi connectivity index (χ3v) is 3.23. The molecule has 0 spiro atoms. The number of nitrogens with one attached hydrogen (secondary N) is 2. The molecule has 0 atom stereocenters. The van der Waals surface area contributed by atoms with E-state index < -0.39 is 0 Å². The van der Waals surface area contributed by atoms with Crippen LogP contribution in [0.15, 0.2) is 24.4 Å². The predicted molar refractivity (Wildman–Crippen MR) is 80.3 cm³/mol. The number of hydrogen-bond acceptors (Lipinski definition) is 2. The second kappa shape index (κ2) is 6.02. The van der Waals surface area contributed by atoms with Crippen molar-refractivity contribution in [3.05, 3.63) is 41.3 Å². The SMILES string of the molecule is Cc1ccc(C)c(-c2cnc(CCNC(C)C)[nH]2)c1. The van der Waals surface area contributed by atoms with Crippen LogP contribution in [0.2, 0.25) is 0 Å². The van der Waals surface area contributed by atoms with Crippen LogP contribution in [0.1, 0.15) is 30.8 Å². The Morgan fingerprint density at radius 1 is 1.26 bits per heavy atom. The van der Waals surface area contributed by atoms with Crippen LogP contribution in [0.25, 0.3) is 11.3 Å². The fourth-order valence-electron chi connectivity index (χ4n) is 2.13. The summed E-state index contributed by atoms with van der Waals surface area (Å²) < 4.78 is 0. The summed E-state index contributed by atoms with van der Waals surface area (Å²) in [7, 11) is 0. The molecule has 0 saturated heterocycles. The van der Waals surface area contributed by atoms with Gasteiger partial charge in [0, 0.05) is 24.6 Å². The van der Waals surface area contributed by atoms with E-state index in [9.17, 15) is 0 Å². The summed E-state index contributed by atoms with van der Waals surface area (Å²) >= 11 is 0. The molecule has 102 valence electrons. The number of aromatic amines is 1. The Labute approximate surface area is 115 Å². The molecule has 1 aromatic carbocycles. The zero-order valence-electron chi connectivity index (χ0n) is 12.2. The lowest BCUT2D eigenvalue weighted by Crippen LogP contribution is -2.25. The van der Waals surface area contributed by atoms with E-state index in [-0.39, 0.29) is 0 Å². The Kier molecular flexibility index (Phi) is 4.38. The number of aromatic nitrogens is 2. The van der Waals surface area contributed by atoms with Crippen molar-refractivity contribution in [2.24, 2.45) is 0 Å². The zero-order valence-corrected chi connectivity index (χ0v) is 12.2. The van der Waals surface area contributed by atoms with Crippen molar-refractivity contribution < 1.29 is 0 Å². The molecule has 0 fully saturated rings. The lowest BCUT2D eigenvalue weighted by Gasteiger charge is -2.06. The topological polar surface area (TPSA) is 40.7 Å². The molecular formula is C16H23N3. The van der Waals surface area contributed by atoms with Gasteiger partial charge in [0.15, 0.2) is 0 Å². The Hall–Kier alpha value is -1.61. The molecule has 2 rings (SSSR count). The number of rotatable bonds is 5. The van der Waals surface area contributed by atoms with Crippen molar-refractivity contribution in [3.8, 4) is 11.3 Å². The molecule has 0 unspecified atom stereocenters. The molecule has 1 heterocycles. The molecule has 0 saturated carbocycles. The summed E-state index contributed by atoms with van der Waals surface area (Å²) in [4.78, 5) is 7.88. The minimum Gasteiger partial charge on any atom is -0.342 e. The molecule has 3 nitrogen and oxygen atoms in total. The highest BCUT2D eigenvalue weighted by atomic mass is 14.9. The number of hydrogen-bond donors (Lipinski definition) is 2. The van der Waals surface area contributed by atoms with Crippen molar-refractivity contribution in [1.82, 2.24) is 15.3 Å². The summed E-state index contributed by atoms with van der Waals surface area (Å²) in [6.07, 6.45) is 2.87. The first kappa shape index (κ1) is 13.8. The van der Waals surface area contributed by atoms with Crippen LogP contribution in [0.3, 0.4) is 0 Å². The van der Waals surface area contributed by atoms with E-state index in [0.29, 0.717) is 6.04 Å². The van der Waals surface area contributed by atoms with Gasteiger partial charge in [-0.25, -0.2) is 4.98 Å². The first-order chi connectivity index (χ1) is 9.06. The van der Waals surface area contributed by atoms with Gasteiger partial charge in [0.1, 0.15) is 5.82 Å². The third-order valence-electron chi connectivity index (χ3n) is 3.23. The van der Waals surface area contributed by atoms with Gasteiger partial charge in [-0.05, 0) is 25.5 Å². The first-order valence-corrected chi connectivity index (χ1v) is 6.91. The van der Waals surface area contributed by atoms with Crippen molar-refractivity contribution in [3.63, 3.8) is 0 Å². The van der Waals surface area contributed by atoms with Gasteiger partial charge >= 0.3 is 0 Å². The molecule has 2 aromatic rings. The Morgan fingerprint density at radius 3 is 2.79 bits per heavy atom. The molecule has 0 amide bonds. The van der Waals surface area contributed by atoms with Crippen molar-refractivity contribution in [2.45, 2.75) is 40.2 Å². The number of nitrogens with zero attached hydrogens (tertiary/aromatic N) is 1. The lowest BCUT2D eigenvalue weighted by molar-refractivity contribution is 0.584. The normalized spacial score (nSPS) is 11.2. The summed E-state index contributed by atoms with van der Waals surface area (Å²) in [5.41, 5.74) is 4.91. The molecule has 0 bridgehead atoms. The quantitative estimate of drug-likeness (QED) is 0.863. The largest absolute Gasteiger partial charge is 0.342 e. The van der Waals surface area contributed by atoms with E-state index in [2.05, 4.69) is 61.2 Å². The van der Waals surface area contributed by atoms with Crippen LogP contribution in [0, 0.1) is 13.8 Å². The van der Waals surface area contributed by atoms with Gasteiger partial charge in [-0.1, -0.05) is 31.5 Å². The van der Waals surface area contributed by atoms with Crippen LogP contribution in [0.5, 0.6) is 0 Å². The van der Waals surface area contributed by atoms with Crippen LogP contribution in [0.4, 0.5) is 0 Å². The number of aryl methyl sites for hydroxylation is 2. The van der Waals surface area contributed by atoms with Gasteiger partial charge in [0.2, 0.25) is 0 Å². The molecule has 1 aromatic heterocycles. The van der Waals surface area contributed by atoms with Crippen LogP contribution in [-0.2, 0) is 6.42 Å². The van der Waals surface area contributed by atoms with Crippen molar-refractivity contribution in [1.29, 1.82) is 0 Å². The summed E-state index contributed by atoms with van der Waals surface area (Å²) in [6, 6.07) is 7.03. The molecule has 0 aliphatic rings. The summed E-state index contributed by atoms with van der Waals surface area (Å²) in [5.74, 6) is 1.05. The third kappa shape index (κ3) is 3.67. The van der Waals surface area contributed by atoms with Crippen molar-refractivity contribution >= 4 is 0 Å². The number of H-pyrrole nitrogens is 1. The van der Waals surface area contributed by atoms with Gasteiger partial charge in [0.05, 0.1) is 11.9 Å². The van der Waals surface area contributed by atoms with Crippen LogP contribution >= 0.6 is 0 Å². The number of benzene rings is 1. The monoisotopic (exact) mass is 257 g/mol. The minimum absolute atomic E-state index is 0.522. The average molecular weight is 257 g/mol. The maximum atomic E-state index is 4.46. The number of imidazole rings is 1. The second-order valence-corrected chi connectivity index (χ2v) is 5.42. The van der Waals surface area contributed by atoms with E-state index in [1.165, 1.54) is 16.7 Å². The van der Waals surface area contributed by atoms with Gasteiger partial charge in [-0.2, -0.15) is 0 Å². The Balaban J connectivity index is 2.10. The fourth-order valence-corrected chi connectivity index (χ4v) is 2.13. The molecule has 0 aliphatic heterocycles. The molecule has 3 heteroatoms. The van der Waals surface area contributed by atoms with Gasteiger partial charge in [-0.3, -0.25) is 0 Å². The standard InChI is InChI=1S/C16H23N3/c1-11(2)17-8-7-16-18-10-15(19-16)14-9-12(3)5-6-13(14)4/h5-6,9-11,17H,7-8H2,1-4H3,(H,18,19). The second-order valence-electron chi connectivity index (χ2n) is 5.42. The molecule has 2 N–H and O–H groups in total. The molecule has 19 heavy (non-hydrogen) atoms. The maximum Gasteiger partial charge on any atom is 0.107 e. The molecule has 0 aliphatic carbocycles. The van der Waals surface area contributed by atoms with E-state index in [1.807, 2.05) is 6.20 Å². The summed E-state index contributed by atoms with van der Waals surface area (Å²) in [5, 5.41) is 3.40. The zero-order chi connectivity index (χ0) is 13.8. The van der Waals surface area contributed by atoms with Crippen molar-refractivity contribution in [2.75, 3.05) is 6.54 Å². The van der Waals surface area contributed by atoms with E-state index in [0.717, 1.165) is 24.5 Å². The highest BCUT2D eigenvalue weighted by Gasteiger charge is 2.06. The average Bonchev–Trinajstić information content (AvgIpc) is 2.80. The summed E-state index contributed by atoms with van der Waals surface area (Å²) in [6.45, 7) is 9.52. The molecule has 0 radical (unpaired) electrons. The fraction of sp³-hybridized carbons (Fsp3) is 0.438. The lowest BCUT2D eigenvalue weighted by atomic mass is 10.0. The maximum absolute atomic E-state index is 4.46. The molecular weight excluding hydrogens is 234 g/mol. The van der Waals surface area contributed by atoms with Gasteiger partial charge in [-0.15, -0.1) is 0 Å². The van der Waals surface area contributed by atoms with E-state index >= 15 is 0 Å². The van der Waals surface area contributed by atoms with Gasteiger partial charge < -0.3 is 10.3 Å². The highest BCUT2D eigenvalue weighted by molar-refractivity contribution is 5.63. The van der Waals surface area contributed by atoms with Crippen LogP contribution < -0.4 is 5.32 Å². The van der Waals surface area contributed by atoms with Crippen LogP contribution in [-0.4, -0.2) is 22.6 Å². The highest BCUT2D eigenvalue weighted by Crippen LogP contribution is 2.22.